The number of imidazole rings is 1. The summed E-state index contributed by atoms with van der Waals surface area (Å²) in [6.07, 6.45) is 3.08. The van der Waals surface area contributed by atoms with E-state index in [1.54, 1.807) is 30.2 Å². The summed E-state index contributed by atoms with van der Waals surface area (Å²) in [6, 6.07) is 6.05. The van der Waals surface area contributed by atoms with Gasteiger partial charge in [-0.3, -0.25) is 0 Å². The molecule has 0 bridgehead atoms. The van der Waals surface area contributed by atoms with Crippen molar-refractivity contribution in [1.82, 2.24) is 19.9 Å². The summed E-state index contributed by atoms with van der Waals surface area (Å²) in [5.41, 5.74) is 8.58. The molecule has 2 atom stereocenters. The first-order valence-electron chi connectivity index (χ1n) is 6.47. The maximum absolute atomic E-state index is 13.0. The second-order valence-electron chi connectivity index (χ2n) is 4.68. The zero-order valence-corrected chi connectivity index (χ0v) is 12.1. The molecule has 3 rings (SSSR count). The molecule has 0 aliphatic rings. The van der Waals surface area contributed by atoms with Crippen molar-refractivity contribution in [2.24, 2.45) is 5.73 Å². The van der Waals surface area contributed by atoms with Gasteiger partial charge in [0.15, 0.2) is 5.65 Å². The molecule has 3 aromatic rings. The van der Waals surface area contributed by atoms with Crippen LogP contribution >= 0.6 is 11.8 Å². The Labute approximate surface area is 125 Å². The van der Waals surface area contributed by atoms with Gasteiger partial charge in [-0.15, -0.1) is 0 Å². The molecular formula is C14H14FN5S. The predicted molar refractivity (Wildman–Crippen MR) is 80.3 cm³/mol. The molecular weight excluding hydrogens is 289 g/mol. The first-order chi connectivity index (χ1) is 10.1. The number of fused-ring (bicyclic) bond motifs is 1. The zero-order chi connectivity index (χ0) is 14.8. The highest BCUT2D eigenvalue weighted by molar-refractivity contribution is 8.00. The molecule has 5 nitrogen and oxygen atoms in total. The lowest BCUT2D eigenvalue weighted by molar-refractivity contribution is 0.624. The number of benzene rings is 1. The van der Waals surface area contributed by atoms with Gasteiger partial charge in [0.2, 0.25) is 0 Å². The van der Waals surface area contributed by atoms with Crippen LogP contribution in [0, 0.1) is 5.82 Å². The topological polar surface area (TPSA) is 80.5 Å². The minimum atomic E-state index is -0.263. The van der Waals surface area contributed by atoms with Crippen molar-refractivity contribution in [1.29, 1.82) is 0 Å². The van der Waals surface area contributed by atoms with Crippen LogP contribution in [0.5, 0.6) is 0 Å². The predicted octanol–water partition coefficient (Wildman–Crippen LogP) is 2.67. The number of aromatic amines is 1. The van der Waals surface area contributed by atoms with E-state index in [9.17, 15) is 4.39 Å². The molecule has 108 valence electrons. The van der Waals surface area contributed by atoms with E-state index in [0.717, 1.165) is 16.1 Å². The number of thioether (sulfide) groups is 1. The molecule has 2 unspecified atom stereocenters. The number of nitrogens with two attached hydrogens (primary N) is 1. The van der Waals surface area contributed by atoms with Crippen molar-refractivity contribution in [3.05, 3.63) is 48.3 Å². The summed E-state index contributed by atoms with van der Waals surface area (Å²) in [6.45, 7) is 2.02. The van der Waals surface area contributed by atoms with Gasteiger partial charge in [-0.25, -0.2) is 19.3 Å². The highest BCUT2D eigenvalue weighted by Gasteiger charge is 2.18. The van der Waals surface area contributed by atoms with Crippen LogP contribution in [0.25, 0.3) is 11.2 Å². The van der Waals surface area contributed by atoms with Crippen LogP contribution in [0.3, 0.4) is 0 Å². The van der Waals surface area contributed by atoms with Crippen molar-refractivity contribution >= 4 is 22.9 Å². The minimum absolute atomic E-state index is 0.0665. The van der Waals surface area contributed by atoms with E-state index >= 15 is 0 Å². The molecule has 2 heterocycles. The van der Waals surface area contributed by atoms with Crippen LogP contribution < -0.4 is 5.73 Å². The van der Waals surface area contributed by atoms with Crippen LogP contribution in [0.1, 0.15) is 18.5 Å². The third-order valence-corrected chi connectivity index (χ3v) is 4.44. The van der Waals surface area contributed by atoms with Crippen molar-refractivity contribution in [2.75, 3.05) is 0 Å². The number of H-pyrrole nitrogens is 1. The molecule has 3 N–H and O–H groups in total. The lowest BCUT2D eigenvalue weighted by Gasteiger charge is -2.19. The number of hydrogen-bond donors (Lipinski definition) is 2. The van der Waals surface area contributed by atoms with E-state index in [0.29, 0.717) is 5.65 Å². The molecule has 0 radical (unpaired) electrons. The van der Waals surface area contributed by atoms with Crippen LogP contribution in [-0.2, 0) is 0 Å². The molecule has 0 saturated carbocycles. The quantitative estimate of drug-likeness (QED) is 0.572. The first-order valence-corrected chi connectivity index (χ1v) is 7.35. The Morgan fingerprint density at radius 2 is 1.95 bits per heavy atom. The van der Waals surface area contributed by atoms with Gasteiger partial charge in [-0.2, -0.15) is 0 Å². The Balaban J connectivity index is 1.81. The normalized spacial score (nSPS) is 14.2. The Kier molecular flexibility index (Phi) is 3.85. The second-order valence-corrected chi connectivity index (χ2v) is 6.05. The summed E-state index contributed by atoms with van der Waals surface area (Å²) in [4.78, 5) is 15.5. The molecule has 0 fully saturated rings. The van der Waals surface area contributed by atoms with Crippen LogP contribution in [-0.4, -0.2) is 25.2 Å². The van der Waals surface area contributed by atoms with Gasteiger partial charge < -0.3 is 10.7 Å². The molecule has 0 aliphatic carbocycles. The average Bonchev–Trinajstić information content (AvgIpc) is 2.97. The van der Waals surface area contributed by atoms with Gasteiger partial charge in [-0.05, 0) is 17.7 Å². The van der Waals surface area contributed by atoms with Crippen molar-refractivity contribution in [3.63, 3.8) is 0 Å². The minimum Gasteiger partial charge on any atom is -0.341 e. The van der Waals surface area contributed by atoms with E-state index in [4.69, 9.17) is 5.73 Å². The molecule has 2 aromatic heterocycles. The standard InChI is InChI=1S/C14H14FN5S/c1-8(11(16)9-2-4-10(15)5-3-9)21-14-12-13(18-6-17-12)19-7-20-14/h2-8,11H,16H2,1H3,(H,17,18,19,20). The SMILES string of the molecule is CC(Sc1ncnc2nc[nH]c12)C(N)c1ccc(F)cc1. The van der Waals surface area contributed by atoms with Crippen molar-refractivity contribution in [3.8, 4) is 0 Å². The zero-order valence-electron chi connectivity index (χ0n) is 11.3. The molecule has 0 aliphatic heterocycles. The molecule has 0 amide bonds. The number of nitrogens with one attached hydrogen (secondary N) is 1. The number of aromatic nitrogens is 4. The third kappa shape index (κ3) is 2.88. The van der Waals surface area contributed by atoms with Gasteiger partial charge >= 0.3 is 0 Å². The van der Waals surface area contributed by atoms with E-state index in [2.05, 4.69) is 19.9 Å². The van der Waals surface area contributed by atoms with Crippen molar-refractivity contribution in [2.45, 2.75) is 23.2 Å². The fourth-order valence-corrected chi connectivity index (χ4v) is 3.07. The number of rotatable bonds is 4. The van der Waals surface area contributed by atoms with E-state index in [1.807, 2.05) is 6.92 Å². The lowest BCUT2D eigenvalue weighted by Crippen LogP contribution is -2.21. The second kappa shape index (κ2) is 5.79. The first kappa shape index (κ1) is 14.0. The summed E-state index contributed by atoms with van der Waals surface area (Å²) in [7, 11) is 0. The van der Waals surface area contributed by atoms with Gasteiger partial charge in [-0.1, -0.05) is 30.8 Å². The summed E-state index contributed by atoms with van der Waals surface area (Å²) >= 11 is 1.54. The Bertz CT molecular complexity index is 742. The average molecular weight is 303 g/mol. The van der Waals surface area contributed by atoms with Gasteiger partial charge in [0.1, 0.15) is 22.7 Å². The van der Waals surface area contributed by atoms with Crippen molar-refractivity contribution < 1.29 is 4.39 Å². The maximum Gasteiger partial charge on any atom is 0.181 e. The smallest absolute Gasteiger partial charge is 0.181 e. The number of halogens is 1. The fraction of sp³-hybridized carbons (Fsp3) is 0.214. The molecule has 0 spiro atoms. The third-order valence-electron chi connectivity index (χ3n) is 3.25. The molecule has 7 heteroatoms. The Morgan fingerprint density at radius 1 is 1.19 bits per heavy atom. The van der Waals surface area contributed by atoms with Crippen LogP contribution in [0.2, 0.25) is 0 Å². The van der Waals surface area contributed by atoms with E-state index in [1.165, 1.54) is 18.5 Å². The fourth-order valence-electron chi connectivity index (χ4n) is 2.04. The summed E-state index contributed by atoms with van der Waals surface area (Å²) in [5.74, 6) is -0.263. The molecule has 1 aromatic carbocycles. The number of hydrogen-bond acceptors (Lipinski definition) is 5. The van der Waals surface area contributed by atoms with Crippen LogP contribution in [0.15, 0.2) is 41.9 Å². The molecule has 0 saturated heterocycles. The highest BCUT2D eigenvalue weighted by atomic mass is 32.2. The monoisotopic (exact) mass is 303 g/mol. The molecule has 21 heavy (non-hydrogen) atoms. The summed E-state index contributed by atoms with van der Waals surface area (Å²) in [5, 5.41) is 0.874. The van der Waals surface area contributed by atoms with Gasteiger partial charge in [0.05, 0.1) is 6.33 Å². The maximum atomic E-state index is 13.0. The lowest BCUT2D eigenvalue weighted by atomic mass is 10.1. The summed E-state index contributed by atoms with van der Waals surface area (Å²) < 4.78 is 13.0. The Morgan fingerprint density at radius 3 is 2.71 bits per heavy atom. The number of nitrogens with zero attached hydrogens (tertiary/aromatic N) is 3. The largest absolute Gasteiger partial charge is 0.341 e. The van der Waals surface area contributed by atoms with Gasteiger partial charge in [0.25, 0.3) is 0 Å². The van der Waals surface area contributed by atoms with Crippen LogP contribution in [0.4, 0.5) is 4.39 Å². The van der Waals surface area contributed by atoms with E-state index < -0.39 is 0 Å². The van der Waals surface area contributed by atoms with E-state index in [-0.39, 0.29) is 17.1 Å². The highest BCUT2D eigenvalue weighted by Crippen LogP contribution is 2.32. The van der Waals surface area contributed by atoms with Gasteiger partial charge in [0, 0.05) is 11.3 Å². The Hall–Kier alpha value is -1.99.